The number of nitrogens with one attached hydrogen (secondary N) is 2. The highest BCUT2D eigenvalue weighted by Crippen LogP contribution is 2.13. The van der Waals surface area contributed by atoms with Crippen molar-refractivity contribution >= 4 is 15.9 Å². The monoisotopic (exact) mass is 291 g/mol. The van der Waals surface area contributed by atoms with Crippen LogP contribution in [-0.4, -0.2) is 58.2 Å². The molecule has 1 amide bonds. The number of sulfonamides is 1. The molecule has 0 spiro atoms. The summed E-state index contributed by atoms with van der Waals surface area (Å²) in [5.74, 6) is 0.128. The molecule has 1 heterocycles. The molecule has 0 radical (unpaired) electrons. The summed E-state index contributed by atoms with van der Waals surface area (Å²) < 4.78 is 26.4. The summed E-state index contributed by atoms with van der Waals surface area (Å²) in [4.78, 5) is 13.0. The molecule has 19 heavy (non-hydrogen) atoms. The molecule has 1 rings (SSSR count). The third kappa shape index (κ3) is 5.08. The fraction of sp³-hybridized carbons (Fsp3) is 0.917. The van der Waals surface area contributed by atoms with Crippen molar-refractivity contribution < 1.29 is 13.2 Å². The van der Waals surface area contributed by atoms with E-state index in [1.807, 2.05) is 0 Å². The Kier molecular flexibility index (Phi) is 6.22. The van der Waals surface area contributed by atoms with Crippen LogP contribution in [0.25, 0.3) is 0 Å². The van der Waals surface area contributed by atoms with E-state index in [0.717, 1.165) is 32.4 Å². The zero-order valence-electron chi connectivity index (χ0n) is 12.0. The van der Waals surface area contributed by atoms with Gasteiger partial charge in [-0.2, -0.15) is 0 Å². The minimum absolute atomic E-state index is 0.396. The maximum atomic E-state index is 11.9. The predicted molar refractivity (Wildman–Crippen MR) is 75.3 cm³/mol. The molecule has 2 atom stereocenters. The number of amides is 1. The van der Waals surface area contributed by atoms with Crippen molar-refractivity contribution in [2.45, 2.75) is 31.4 Å². The van der Waals surface area contributed by atoms with Crippen LogP contribution in [-0.2, 0) is 14.8 Å². The van der Waals surface area contributed by atoms with E-state index in [1.54, 1.807) is 14.1 Å². The molecule has 1 aliphatic rings. The number of hydrogen-bond acceptors (Lipinski definition) is 4. The van der Waals surface area contributed by atoms with Gasteiger partial charge in [-0.3, -0.25) is 4.79 Å². The Morgan fingerprint density at radius 3 is 2.68 bits per heavy atom. The first kappa shape index (κ1) is 16.4. The largest absolute Gasteiger partial charge is 0.348 e. The van der Waals surface area contributed by atoms with E-state index in [0.29, 0.717) is 12.5 Å². The summed E-state index contributed by atoms with van der Waals surface area (Å²) in [6.45, 7) is 3.83. The standard InChI is InChI=1S/C12H25N3O3S/c1-10(12(16)15(2)3)19(17,18)14-8-6-11-5-4-7-13-9-11/h10-11,13-14H,4-9H2,1-3H3. The van der Waals surface area contributed by atoms with Crippen LogP contribution in [0.1, 0.15) is 26.2 Å². The van der Waals surface area contributed by atoms with Crippen molar-refractivity contribution in [2.24, 2.45) is 5.92 Å². The van der Waals surface area contributed by atoms with Crippen LogP contribution in [0.15, 0.2) is 0 Å². The van der Waals surface area contributed by atoms with Crippen molar-refractivity contribution in [1.82, 2.24) is 14.9 Å². The first-order valence-electron chi connectivity index (χ1n) is 6.75. The third-order valence-electron chi connectivity index (χ3n) is 3.51. The molecule has 1 fully saturated rings. The Morgan fingerprint density at radius 2 is 2.16 bits per heavy atom. The van der Waals surface area contributed by atoms with Gasteiger partial charge in [-0.25, -0.2) is 13.1 Å². The van der Waals surface area contributed by atoms with E-state index < -0.39 is 21.2 Å². The second kappa shape index (κ2) is 7.21. The summed E-state index contributed by atoms with van der Waals surface area (Å²) in [5.41, 5.74) is 0. The number of rotatable bonds is 6. The van der Waals surface area contributed by atoms with E-state index in [9.17, 15) is 13.2 Å². The Labute approximate surface area is 116 Å². The second-order valence-corrected chi connectivity index (χ2v) is 7.40. The molecule has 0 saturated carbocycles. The van der Waals surface area contributed by atoms with Gasteiger partial charge in [-0.05, 0) is 45.2 Å². The molecule has 6 nitrogen and oxygen atoms in total. The van der Waals surface area contributed by atoms with Gasteiger partial charge in [0.05, 0.1) is 0 Å². The van der Waals surface area contributed by atoms with E-state index in [2.05, 4.69) is 10.0 Å². The highest BCUT2D eigenvalue weighted by molar-refractivity contribution is 7.90. The normalized spacial score (nSPS) is 21.9. The SMILES string of the molecule is CC(C(=O)N(C)C)S(=O)(=O)NCCC1CCCNC1. The molecule has 0 aromatic carbocycles. The smallest absolute Gasteiger partial charge is 0.241 e. The highest BCUT2D eigenvalue weighted by atomic mass is 32.2. The molecular formula is C12H25N3O3S. The molecule has 2 N–H and O–H groups in total. The van der Waals surface area contributed by atoms with Gasteiger partial charge in [0.25, 0.3) is 0 Å². The molecule has 1 saturated heterocycles. The molecule has 0 aliphatic carbocycles. The van der Waals surface area contributed by atoms with E-state index in [4.69, 9.17) is 0 Å². The predicted octanol–water partition coefficient (Wildman–Crippen LogP) is -0.228. The third-order valence-corrected chi connectivity index (χ3v) is 5.25. The van der Waals surface area contributed by atoms with Crippen LogP contribution in [0.4, 0.5) is 0 Å². The second-order valence-electron chi connectivity index (χ2n) is 5.32. The van der Waals surface area contributed by atoms with Crippen molar-refractivity contribution in [1.29, 1.82) is 0 Å². The summed E-state index contributed by atoms with van der Waals surface area (Å²) in [6, 6.07) is 0. The highest BCUT2D eigenvalue weighted by Gasteiger charge is 2.28. The lowest BCUT2D eigenvalue weighted by atomic mass is 9.96. The molecule has 7 heteroatoms. The summed E-state index contributed by atoms with van der Waals surface area (Å²) in [5, 5.41) is 2.27. The van der Waals surface area contributed by atoms with Gasteiger partial charge < -0.3 is 10.2 Å². The van der Waals surface area contributed by atoms with Crippen molar-refractivity contribution in [2.75, 3.05) is 33.7 Å². The van der Waals surface area contributed by atoms with Gasteiger partial charge >= 0.3 is 0 Å². The Morgan fingerprint density at radius 1 is 1.47 bits per heavy atom. The lowest BCUT2D eigenvalue weighted by Crippen LogP contribution is -2.43. The number of piperidine rings is 1. The zero-order chi connectivity index (χ0) is 14.5. The Hall–Kier alpha value is -0.660. The average molecular weight is 291 g/mol. The lowest BCUT2D eigenvalue weighted by Gasteiger charge is -2.23. The summed E-state index contributed by atoms with van der Waals surface area (Å²) in [6.07, 6.45) is 3.10. The van der Waals surface area contributed by atoms with Gasteiger partial charge in [0.15, 0.2) is 5.25 Å². The number of hydrogen-bond donors (Lipinski definition) is 2. The zero-order valence-corrected chi connectivity index (χ0v) is 12.8. The van der Waals surface area contributed by atoms with Crippen LogP contribution in [0.3, 0.4) is 0 Å². The fourth-order valence-electron chi connectivity index (χ4n) is 2.20. The first-order chi connectivity index (χ1) is 8.84. The van der Waals surface area contributed by atoms with Gasteiger partial charge in [0.1, 0.15) is 0 Å². The van der Waals surface area contributed by atoms with Crippen molar-refractivity contribution in [3.8, 4) is 0 Å². The summed E-state index contributed by atoms with van der Waals surface area (Å²) >= 11 is 0. The van der Waals surface area contributed by atoms with E-state index >= 15 is 0 Å². The maximum Gasteiger partial charge on any atom is 0.241 e. The Bertz CT molecular complexity index is 389. The Balaban J connectivity index is 2.39. The molecule has 0 bridgehead atoms. The molecule has 0 aromatic heterocycles. The molecule has 0 aromatic rings. The first-order valence-corrected chi connectivity index (χ1v) is 8.29. The number of carbonyl (C=O) groups is 1. The quantitative estimate of drug-likeness (QED) is 0.709. The number of nitrogens with zero attached hydrogens (tertiary/aromatic N) is 1. The van der Waals surface area contributed by atoms with Crippen LogP contribution < -0.4 is 10.0 Å². The topological polar surface area (TPSA) is 78.5 Å². The average Bonchev–Trinajstić information content (AvgIpc) is 2.37. The minimum Gasteiger partial charge on any atom is -0.348 e. The molecule has 112 valence electrons. The van der Waals surface area contributed by atoms with Gasteiger partial charge in [0, 0.05) is 20.6 Å². The van der Waals surface area contributed by atoms with E-state index in [1.165, 1.54) is 11.8 Å². The van der Waals surface area contributed by atoms with E-state index in [-0.39, 0.29) is 0 Å². The molecular weight excluding hydrogens is 266 g/mol. The van der Waals surface area contributed by atoms with Crippen LogP contribution in [0.5, 0.6) is 0 Å². The van der Waals surface area contributed by atoms with Crippen LogP contribution >= 0.6 is 0 Å². The number of carbonyl (C=O) groups excluding carboxylic acids is 1. The van der Waals surface area contributed by atoms with Crippen molar-refractivity contribution in [3.63, 3.8) is 0 Å². The lowest BCUT2D eigenvalue weighted by molar-refractivity contribution is -0.127. The summed E-state index contributed by atoms with van der Waals surface area (Å²) in [7, 11) is -0.452. The van der Waals surface area contributed by atoms with Crippen LogP contribution in [0, 0.1) is 5.92 Å². The maximum absolute atomic E-state index is 11.9. The van der Waals surface area contributed by atoms with Crippen LogP contribution in [0.2, 0.25) is 0 Å². The van der Waals surface area contributed by atoms with Crippen molar-refractivity contribution in [3.05, 3.63) is 0 Å². The fourth-order valence-corrected chi connectivity index (χ4v) is 3.33. The van der Waals surface area contributed by atoms with Gasteiger partial charge in [-0.1, -0.05) is 0 Å². The molecule has 1 aliphatic heterocycles. The van der Waals surface area contributed by atoms with Gasteiger partial charge in [0.2, 0.25) is 15.9 Å². The van der Waals surface area contributed by atoms with Gasteiger partial charge in [-0.15, -0.1) is 0 Å². The molecule has 2 unspecified atom stereocenters. The minimum atomic E-state index is -3.57.